The Kier molecular flexibility index (Phi) is 3.39. The van der Waals surface area contributed by atoms with Gasteiger partial charge in [0.25, 0.3) is 0 Å². The molecule has 1 aromatic heterocycles. The van der Waals surface area contributed by atoms with Crippen molar-refractivity contribution in [1.29, 1.82) is 0 Å². The largest absolute Gasteiger partial charge is 0.477 e. The maximum atomic E-state index is 11.4. The van der Waals surface area contributed by atoms with Crippen LogP contribution in [0.1, 0.15) is 11.6 Å². The first-order chi connectivity index (χ1) is 11.7. The highest BCUT2D eigenvalue weighted by Crippen LogP contribution is 2.31. The molecule has 2 N–H and O–H groups in total. The molecule has 3 aromatic rings. The van der Waals surface area contributed by atoms with Crippen LogP contribution in [0.25, 0.3) is 17.1 Å². The summed E-state index contributed by atoms with van der Waals surface area (Å²) in [5.74, 6) is -0.453. The number of nitrogens with zero attached hydrogens (tertiary/aromatic N) is 2. The highest BCUT2D eigenvalue weighted by atomic mass is 16.4. The van der Waals surface area contributed by atoms with Crippen LogP contribution in [0.5, 0.6) is 0 Å². The maximum absolute atomic E-state index is 11.4. The molecule has 1 aliphatic heterocycles. The molecular weight excluding hydrogens is 302 g/mol. The number of allylic oxidation sites excluding steroid dienone is 2. The zero-order chi connectivity index (χ0) is 16.5. The summed E-state index contributed by atoms with van der Waals surface area (Å²) in [5.41, 5.74) is 2.99. The molecule has 0 unspecified atom stereocenters. The maximum Gasteiger partial charge on any atom is 0.352 e. The first-order valence-corrected chi connectivity index (χ1v) is 7.65. The van der Waals surface area contributed by atoms with Crippen LogP contribution in [-0.2, 0) is 4.79 Å². The zero-order valence-corrected chi connectivity index (χ0v) is 12.8. The molecule has 0 spiro atoms. The van der Waals surface area contributed by atoms with Crippen molar-refractivity contribution in [3.05, 3.63) is 78.0 Å². The van der Waals surface area contributed by atoms with Crippen LogP contribution in [0.4, 0.5) is 5.95 Å². The van der Waals surface area contributed by atoms with Crippen LogP contribution >= 0.6 is 0 Å². The zero-order valence-electron chi connectivity index (χ0n) is 12.8. The number of benzene rings is 2. The molecule has 2 aromatic carbocycles. The average molecular weight is 317 g/mol. The van der Waals surface area contributed by atoms with Gasteiger partial charge in [-0.2, -0.15) is 0 Å². The lowest BCUT2D eigenvalue weighted by atomic mass is 10.1. The Labute approximate surface area is 138 Å². The van der Waals surface area contributed by atoms with Gasteiger partial charge in [-0.3, -0.25) is 4.57 Å². The lowest BCUT2D eigenvalue weighted by Gasteiger charge is -2.22. The molecule has 24 heavy (non-hydrogen) atoms. The topological polar surface area (TPSA) is 67.1 Å². The van der Waals surface area contributed by atoms with Gasteiger partial charge in [0.1, 0.15) is 5.70 Å². The lowest BCUT2D eigenvalue weighted by molar-refractivity contribution is -0.132. The molecule has 0 bridgehead atoms. The highest BCUT2D eigenvalue weighted by molar-refractivity contribution is 5.92. The van der Waals surface area contributed by atoms with Gasteiger partial charge in [0, 0.05) is 0 Å². The van der Waals surface area contributed by atoms with Crippen molar-refractivity contribution in [2.24, 2.45) is 0 Å². The number of fused-ring (bicyclic) bond motifs is 3. The molecule has 4 rings (SSSR count). The fourth-order valence-corrected chi connectivity index (χ4v) is 2.88. The van der Waals surface area contributed by atoms with Crippen LogP contribution in [0.15, 0.2) is 72.4 Å². The van der Waals surface area contributed by atoms with Crippen molar-refractivity contribution in [3.63, 3.8) is 0 Å². The summed E-state index contributed by atoms with van der Waals surface area (Å²) in [6.45, 7) is 0. The minimum atomic E-state index is -0.994. The van der Waals surface area contributed by atoms with E-state index in [4.69, 9.17) is 0 Å². The summed E-state index contributed by atoms with van der Waals surface area (Å²) < 4.78 is 2.00. The number of nitrogens with one attached hydrogen (secondary N) is 1. The number of anilines is 1. The second-order valence-corrected chi connectivity index (χ2v) is 5.57. The third-order valence-electron chi connectivity index (χ3n) is 3.99. The third-order valence-corrected chi connectivity index (χ3v) is 3.99. The molecule has 0 saturated carbocycles. The quantitative estimate of drug-likeness (QED) is 0.773. The summed E-state index contributed by atoms with van der Waals surface area (Å²) in [6.07, 6.45) is 5.67. The van der Waals surface area contributed by atoms with E-state index in [-0.39, 0.29) is 11.7 Å². The Morgan fingerprint density at radius 1 is 1.12 bits per heavy atom. The van der Waals surface area contributed by atoms with E-state index in [1.165, 1.54) is 0 Å². The van der Waals surface area contributed by atoms with Gasteiger partial charge in [-0.25, -0.2) is 9.78 Å². The van der Waals surface area contributed by atoms with Crippen LogP contribution in [0, 0.1) is 0 Å². The Balaban J connectivity index is 1.82. The van der Waals surface area contributed by atoms with E-state index in [2.05, 4.69) is 10.3 Å². The number of carboxylic acid groups (broad SMARTS) is 1. The lowest BCUT2D eigenvalue weighted by Crippen LogP contribution is -2.22. The summed E-state index contributed by atoms with van der Waals surface area (Å²) in [5, 5.41) is 12.2. The molecule has 5 heteroatoms. The van der Waals surface area contributed by atoms with Gasteiger partial charge < -0.3 is 10.4 Å². The average Bonchev–Trinajstić information content (AvgIpc) is 2.99. The third kappa shape index (κ3) is 2.46. The van der Waals surface area contributed by atoms with E-state index in [0.29, 0.717) is 5.95 Å². The summed E-state index contributed by atoms with van der Waals surface area (Å²) in [6, 6.07) is 17.5. The standard InChI is InChI=1S/C19H15N3O2/c23-18(24)16-12-14(11-10-13-6-2-1-3-7-13)22-17-9-5-4-8-15(17)20-19(22)21-16/h1-12,14H,(H,20,21)(H,23,24)/b11-10+/t14-/m1/s1. The first-order valence-electron chi connectivity index (χ1n) is 7.65. The number of imidazole rings is 1. The molecule has 0 amide bonds. The number of carboxylic acids is 1. The Morgan fingerprint density at radius 3 is 2.67 bits per heavy atom. The fraction of sp³-hybridized carbons (Fsp3) is 0.0526. The smallest absolute Gasteiger partial charge is 0.352 e. The van der Waals surface area contributed by atoms with Crippen LogP contribution in [0.2, 0.25) is 0 Å². The van der Waals surface area contributed by atoms with Gasteiger partial charge in [0.2, 0.25) is 5.95 Å². The monoisotopic (exact) mass is 317 g/mol. The summed E-state index contributed by atoms with van der Waals surface area (Å²) >= 11 is 0. The van der Waals surface area contributed by atoms with E-state index in [9.17, 15) is 9.90 Å². The number of rotatable bonds is 3. The molecule has 5 nitrogen and oxygen atoms in total. The van der Waals surface area contributed by atoms with Crippen molar-refractivity contribution in [3.8, 4) is 0 Å². The number of aromatic nitrogens is 2. The number of hydrogen-bond acceptors (Lipinski definition) is 3. The predicted octanol–water partition coefficient (Wildman–Crippen LogP) is 3.68. The van der Waals surface area contributed by atoms with Gasteiger partial charge in [0.05, 0.1) is 17.1 Å². The first kappa shape index (κ1) is 14.3. The van der Waals surface area contributed by atoms with Crippen LogP contribution in [-0.4, -0.2) is 20.6 Å². The van der Waals surface area contributed by atoms with Crippen molar-refractivity contribution >= 4 is 29.0 Å². The van der Waals surface area contributed by atoms with E-state index in [0.717, 1.165) is 16.6 Å². The van der Waals surface area contributed by atoms with E-state index in [1.807, 2.05) is 71.3 Å². The predicted molar refractivity (Wildman–Crippen MR) is 93.6 cm³/mol. The molecule has 0 saturated heterocycles. The molecule has 0 fully saturated rings. The molecular formula is C19H15N3O2. The molecule has 0 radical (unpaired) electrons. The number of aliphatic carboxylic acids is 1. The van der Waals surface area contributed by atoms with Gasteiger partial charge in [-0.05, 0) is 23.8 Å². The van der Waals surface area contributed by atoms with Crippen molar-refractivity contribution in [1.82, 2.24) is 9.55 Å². The van der Waals surface area contributed by atoms with Gasteiger partial charge >= 0.3 is 5.97 Å². The SMILES string of the molecule is O=C(O)C1=C[C@@H](/C=C/c2ccccc2)n2c(nc3ccccc32)N1. The van der Waals surface area contributed by atoms with Gasteiger partial charge in [-0.1, -0.05) is 54.6 Å². The summed E-state index contributed by atoms with van der Waals surface area (Å²) in [4.78, 5) is 15.9. The van der Waals surface area contributed by atoms with Crippen molar-refractivity contribution in [2.45, 2.75) is 6.04 Å². The van der Waals surface area contributed by atoms with Crippen molar-refractivity contribution in [2.75, 3.05) is 5.32 Å². The summed E-state index contributed by atoms with van der Waals surface area (Å²) in [7, 11) is 0. The Morgan fingerprint density at radius 2 is 1.88 bits per heavy atom. The highest BCUT2D eigenvalue weighted by Gasteiger charge is 2.24. The second kappa shape index (κ2) is 5.70. The van der Waals surface area contributed by atoms with Gasteiger partial charge in [-0.15, -0.1) is 0 Å². The molecule has 118 valence electrons. The minimum Gasteiger partial charge on any atom is -0.477 e. The Hall–Kier alpha value is -3.34. The molecule has 1 atom stereocenters. The van der Waals surface area contributed by atoms with Gasteiger partial charge in [0.15, 0.2) is 0 Å². The van der Waals surface area contributed by atoms with Crippen LogP contribution < -0.4 is 5.32 Å². The molecule has 1 aliphatic rings. The molecule has 0 aliphatic carbocycles. The number of carbonyl (C=O) groups is 1. The number of hydrogen-bond donors (Lipinski definition) is 2. The molecule has 2 heterocycles. The normalized spacial score (nSPS) is 16.7. The second-order valence-electron chi connectivity index (χ2n) is 5.57. The van der Waals surface area contributed by atoms with Crippen molar-refractivity contribution < 1.29 is 9.90 Å². The Bertz CT molecular complexity index is 971. The fourth-order valence-electron chi connectivity index (χ4n) is 2.88. The van der Waals surface area contributed by atoms with E-state index >= 15 is 0 Å². The van der Waals surface area contributed by atoms with Crippen LogP contribution in [0.3, 0.4) is 0 Å². The number of para-hydroxylation sites is 2. The minimum absolute atomic E-state index is 0.139. The van der Waals surface area contributed by atoms with E-state index in [1.54, 1.807) is 6.08 Å². The van der Waals surface area contributed by atoms with E-state index < -0.39 is 5.97 Å².